The minimum atomic E-state index is 0.566. The molecule has 0 unspecified atom stereocenters. The van der Waals surface area contributed by atoms with Gasteiger partial charge in [-0.3, -0.25) is 9.88 Å². The summed E-state index contributed by atoms with van der Waals surface area (Å²) in [6, 6.07) is 6.40. The summed E-state index contributed by atoms with van der Waals surface area (Å²) in [5.74, 6) is 0. The Morgan fingerprint density at radius 3 is 2.55 bits per heavy atom. The fraction of sp³-hybridized carbons (Fsp3) is 0.706. The van der Waals surface area contributed by atoms with Crippen LogP contribution in [0.5, 0.6) is 0 Å². The molecule has 0 bridgehead atoms. The maximum absolute atomic E-state index is 4.76. The summed E-state index contributed by atoms with van der Waals surface area (Å²) in [7, 11) is 0. The van der Waals surface area contributed by atoms with Crippen LogP contribution in [0.3, 0.4) is 0 Å². The Kier molecular flexibility index (Phi) is 5.55. The van der Waals surface area contributed by atoms with Crippen LogP contribution < -0.4 is 5.32 Å². The molecule has 2 rings (SSSR count). The zero-order chi connectivity index (χ0) is 14.4. The normalized spacial score (nSPS) is 19.1. The molecule has 0 aromatic carbocycles. The van der Waals surface area contributed by atoms with Crippen LogP contribution in [0.25, 0.3) is 0 Å². The van der Waals surface area contributed by atoms with Crippen molar-refractivity contribution >= 4 is 0 Å². The first-order valence-electron chi connectivity index (χ1n) is 8.03. The summed E-state index contributed by atoms with van der Waals surface area (Å²) in [5.41, 5.74) is 2.93. The van der Waals surface area contributed by atoms with Crippen molar-refractivity contribution in [2.24, 2.45) is 5.41 Å². The van der Waals surface area contributed by atoms with Crippen LogP contribution in [0.4, 0.5) is 0 Å². The Morgan fingerprint density at radius 1 is 1.20 bits per heavy atom. The number of rotatable bonds is 6. The van der Waals surface area contributed by atoms with E-state index in [1.807, 2.05) is 0 Å². The van der Waals surface area contributed by atoms with E-state index >= 15 is 0 Å². The van der Waals surface area contributed by atoms with Crippen molar-refractivity contribution < 1.29 is 0 Å². The second-order valence-electron chi connectivity index (χ2n) is 6.34. The fourth-order valence-corrected chi connectivity index (χ4v) is 2.80. The van der Waals surface area contributed by atoms with Gasteiger partial charge in [0.05, 0.1) is 11.4 Å². The standard InChI is InChI=1S/C17H29N3/c1-4-17(3)9-11-20(12-10-17)14-16-8-6-7-15(19-16)13-18-5-2/h6-8,18H,4-5,9-14H2,1-3H3. The van der Waals surface area contributed by atoms with E-state index < -0.39 is 0 Å². The van der Waals surface area contributed by atoms with E-state index in [9.17, 15) is 0 Å². The lowest BCUT2D eigenvalue weighted by Gasteiger charge is -2.38. The molecule has 1 aromatic heterocycles. The van der Waals surface area contributed by atoms with E-state index in [1.54, 1.807) is 0 Å². The molecule has 0 amide bonds. The third-order valence-corrected chi connectivity index (χ3v) is 4.72. The molecule has 0 atom stereocenters. The maximum Gasteiger partial charge on any atom is 0.0547 e. The third-order valence-electron chi connectivity index (χ3n) is 4.72. The summed E-state index contributed by atoms with van der Waals surface area (Å²) in [6.45, 7) is 12.2. The number of nitrogens with one attached hydrogen (secondary N) is 1. The Bertz CT molecular complexity index is 408. The van der Waals surface area contributed by atoms with Gasteiger partial charge in [0.2, 0.25) is 0 Å². The lowest BCUT2D eigenvalue weighted by Crippen LogP contribution is -2.38. The average molecular weight is 275 g/mol. The van der Waals surface area contributed by atoms with E-state index in [4.69, 9.17) is 4.98 Å². The molecule has 1 aliphatic rings. The van der Waals surface area contributed by atoms with Crippen molar-refractivity contribution in [1.29, 1.82) is 0 Å². The molecular weight excluding hydrogens is 246 g/mol. The van der Waals surface area contributed by atoms with Crippen molar-refractivity contribution in [3.63, 3.8) is 0 Å². The Labute approximate surface area is 123 Å². The van der Waals surface area contributed by atoms with E-state index in [0.717, 1.165) is 25.3 Å². The van der Waals surface area contributed by atoms with Crippen molar-refractivity contribution in [1.82, 2.24) is 15.2 Å². The largest absolute Gasteiger partial charge is 0.311 e. The second-order valence-corrected chi connectivity index (χ2v) is 6.34. The molecule has 1 N–H and O–H groups in total. The molecule has 1 fully saturated rings. The lowest BCUT2D eigenvalue weighted by atomic mass is 9.78. The smallest absolute Gasteiger partial charge is 0.0547 e. The van der Waals surface area contributed by atoms with Crippen molar-refractivity contribution in [2.45, 2.75) is 53.1 Å². The monoisotopic (exact) mass is 275 g/mol. The maximum atomic E-state index is 4.76. The minimum absolute atomic E-state index is 0.566. The van der Waals surface area contributed by atoms with Gasteiger partial charge in [-0.15, -0.1) is 0 Å². The highest BCUT2D eigenvalue weighted by Crippen LogP contribution is 2.34. The molecule has 3 heteroatoms. The van der Waals surface area contributed by atoms with Crippen LogP contribution in [0.2, 0.25) is 0 Å². The molecular formula is C17H29N3. The van der Waals surface area contributed by atoms with Crippen molar-refractivity contribution in [3.8, 4) is 0 Å². The first-order valence-corrected chi connectivity index (χ1v) is 8.03. The molecule has 2 heterocycles. The first kappa shape index (κ1) is 15.5. The molecule has 20 heavy (non-hydrogen) atoms. The molecule has 112 valence electrons. The van der Waals surface area contributed by atoms with E-state index in [0.29, 0.717) is 5.41 Å². The van der Waals surface area contributed by atoms with E-state index in [2.05, 4.69) is 49.2 Å². The summed E-state index contributed by atoms with van der Waals surface area (Å²) >= 11 is 0. The number of pyridine rings is 1. The van der Waals surface area contributed by atoms with Gasteiger partial charge in [0.1, 0.15) is 0 Å². The van der Waals surface area contributed by atoms with E-state index in [-0.39, 0.29) is 0 Å². The first-order chi connectivity index (χ1) is 9.65. The zero-order valence-corrected chi connectivity index (χ0v) is 13.3. The molecule has 1 aromatic rings. The summed E-state index contributed by atoms with van der Waals surface area (Å²) in [4.78, 5) is 7.31. The molecule has 0 aliphatic carbocycles. The highest BCUT2D eigenvalue weighted by molar-refractivity contribution is 5.11. The van der Waals surface area contributed by atoms with Crippen LogP contribution in [-0.2, 0) is 13.1 Å². The Hall–Kier alpha value is -0.930. The zero-order valence-electron chi connectivity index (χ0n) is 13.3. The second kappa shape index (κ2) is 7.19. The minimum Gasteiger partial charge on any atom is -0.311 e. The average Bonchev–Trinajstić information content (AvgIpc) is 2.48. The van der Waals surface area contributed by atoms with Crippen molar-refractivity contribution in [3.05, 3.63) is 29.6 Å². The molecule has 1 aliphatic heterocycles. The third kappa shape index (κ3) is 4.29. The van der Waals surface area contributed by atoms with Gasteiger partial charge in [-0.2, -0.15) is 0 Å². The summed E-state index contributed by atoms with van der Waals surface area (Å²) < 4.78 is 0. The number of likely N-dealkylation sites (tertiary alicyclic amines) is 1. The molecule has 0 radical (unpaired) electrons. The molecule has 0 spiro atoms. The Balaban J connectivity index is 1.88. The topological polar surface area (TPSA) is 28.2 Å². The van der Waals surface area contributed by atoms with Gasteiger partial charge in [-0.25, -0.2) is 0 Å². The number of hydrogen-bond donors (Lipinski definition) is 1. The van der Waals surface area contributed by atoms with E-state index in [1.165, 1.54) is 38.0 Å². The highest BCUT2D eigenvalue weighted by atomic mass is 15.1. The van der Waals surface area contributed by atoms with Gasteiger partial charge in [0, 0.05) is 13.1 Å². The van der Waals surface area contributed by atoms with Gasteiger partial charge in [0.25, 0.3) is 0 Å². The van der Waals surface area contributed by atoms with Gasteiger partial charge in [-0.1, -0.05) is 33.3 Å². The number of aromatic nitrogens is 1. The van der Waals surface area contributed by atoms with Gasteiger partial charge in [-0.05, 0) is 50.0 Å². The molecule has 1 saturated heterocycles. The fourth-order valence-electron chi connectivity index (χ4n) is 2.80. The number of piperidine rings is 1. The van der Waals surface area contributed by atoms with Crippen LogP contribution in [-0.4, -0.2) is 29.5 Å². The van der Waals surface area contributed by atoms with Gasteiger partial charge < -0.3 is 5.32 Å². The number of hydrogen-bond acceptors (Lipinski definition) is 3. The lowest BCUT2D eigenvalue weighted by molar-refractivity contribution is 0.108. The van der Waals surface area contributed by atoms with Crippen LogP contribution in [0.15, 0.2) is 18.2 Å². The SMILES string of the molecule is CCNCc1cccc(CN2CCC(C)(CC)CC2)n1. The van der Waals surface area contributed by atoms with Crippen LogP contribution >= 0.6 is 0 Å². The quantitative estimate of drug-likeness (QED) is 0.864. The highest BCUT2D eigenvalue weighted by Gasteiger charge is 2.28. The predicted octanol–water partition coefficient (Wildman–Crippen LogP) is 3.20. The number of nitrogens with zero attached hydrogens (tertiary/aromatic N) is 2. The molecule has 3 nitrogen and oxygen atoms in total. The summed E-state index contributed by atoms with van der Waals surface area (Å²) in [5, 5.41) is 3.34. The van der Waals surface area contributed by atoms with Crippen LogP contribution in [0.1, 0.15) is 51.4 Å². The van der Waals surface area contributed by atoms with Crippen molar-refractivity contribution in [2.75, 3.05) is 19.6 Å². The Morgan fingerprint density at radius 2 is 1.90 bits per heavy atom. The summed E-state index contributed by atoms with van der Waals surface area (Å²) in [6.07, 6.45) is 3.94. The predicted molar refractivity (Wildman–Crippen MR) is 84.5 cm³/mol. The molecule has 0 saturated carbocycles. The van der Waals surface area contributed by atoms with Gasteiger partial charge in [0.15, 0.2) is 0 Å². The van der Waals surface area contributed by atoms with Crippen LogP contribution in [0, 0.1) is 5.41 Å². The van der Waals surface area contributed by atoms with Gasteiger partial charge >= 0.3 is 0 Å².